The van der Waals surface area contributed by atoms with E-state index in [1.54, 1.807) is 42.6 Å². The predicted octanol–water partition coefficient (Wildman–Crippen LogP) is 3.96. The molecule has 0 fully saturated rings. The fourth-order valence-corrected chi connectivity index (χ4v) is 4.31. The molecule has 172 valence electrons. The second kappa shape index (κ2) is 8.20. The summed E-state index contributed by atoms with van der Waals surface area (Å²) < 4.78 is 31.3. The van der Waals surface area contributed by atoms with Crippen molar-refractivity contribution < 1.29 is 18.3 Å². The molecule has 0 saturated heterocycles. The van der Waals surface area contributed by atoms with Gasteiger partial charge in [-0.15, -0.1) is 0 Å². The monoisotopic (exact) mass is 466 g/mol. The summed E-state index contributed by atoms with van der Waals surface area (Å²) in [6.07, 6.45) is 3.25. The molecular weight excluding hydrogens is 440 g/mol. The van der Waals surface area contributed by atoms with Gasteiger partial charge in [-0.1, -0.05) is 32.9 Å². The Bertz CT molecular complexity index is 1400. The fourth-order valence-electron chi connectivity index (χ4n) is 3.74. The Morgan fingerprint density at radius 2 is 1.76 bits per heavy atom. The van der Waals surface area contributed by atoms with Crippen molar-refractivity contribution in [2.24, 2.45) is 0 Å². The van der Waals surface area contributed by atoms with Gasteiger partial charge in [-0.05, 0) is 59.0 Å². The predicted molar refractivity (Wildman–Crippen MR) is 131 cm³/mol. The van der Waals surface area contributed by atoms with Gasteiger partial charge in [0.05, 0.1) is 11.8 Å². The number of pyridine rings is 1. The normalized spacial score (nSPS) is 15.9. The van der Waals surface area contributed by atoms with Crippen LogP contribution in [0.2, 0.25) is 0 Å². The molecule has 3 N–H and O–H groups in total. The van der Waals surface area contributed by atoms with Crippen molar-refractivity contribution in [1.82, 2.24) is 4.98 Å². The van der Waals surface area contributed by atoms with Crippen LogP contribution in [0.1, 0.15) is 37.5 Å². The largest absolute Gasteiger partial charge is 0.459 e. The minimum absolute atomic E-state index is 0.186. The van der Waals surface area contributed by atoms with Crippen molar-refractivity contribution in [3.05, 3.63) is 81.8 Å². The molecule has 1 unspecified atom stereocenters. The first-order valence-corrected chi connectivity index (χ1v) is 12.3. The van der Waals surface area contributed by atoms with Gasteiger partial charge in [0.2, 0.25) is 16.3 Å². The molecule has 0 bridgehead atoms. The lowest BCUT2D eigenvalue weighted by atomic mass is 9.83. The van der Waals surface area contributed by atoms with Gasteiger partial charge in [0.15, 0.2) is 0 Å². The summed E-state index contributed by atoms with van der Waals surface area (Å²) in [5.41, 5.74) is 4.05. The first-order chi connectivity index (χ1) is 15.4. The molecule has 0 spiro atoms. The third-order valence-corrected chi connectivity index (χ3v) is 6.03. The van der Waals surface area contributed by atoms with Gasteiger partial charge >= 0.3 is 0 Å². The molecule has 0 saturated carbocycles. The zero-order chi connectivity index (χ0) is 24.0. The maximum atomic E-state index is 12.5. The summed E-state index contributed by atoms with van der Waals surface area (Å²) in [7, 11) is -3.39. The number of sulfonamides is 1. The zero-order valence-electron chi connectivity index (χ0n) is 18.8. The molecule has 0 amide bonds. The lowest BCUT2D eigenvalue weighted by Gasteiger charge is -2.28. The van der Waals surface area contributed by atoms with Crippen LogP contribution >= 0.6 is 0 Å². The topological polar surface area (TPSA) is 108 Å². The van der Waals surface area contributed by atoms with Crippen LogP contribution in [0.25, 0.3) is 22.8 Å². The number of ether oxygens (including phenoxy) is 1. The lowest BCUT2D eigenvalue weighted by Crippen LogP contribution is -2.23. The van der Waals surface area contributed by atoms with Gasteiger partial charge in [-0.25, -0.2) is 8.42 Å². The lowest BCUT2D eigenvalue weighted by molar-refractivity contribution is 0.0324. The second-order valence-corrected chi connectivity index (χ2v) is 10.9. The van der Waals surface area contributed by atoms with Crippen molar-refractivity contribution in [3.63, 3.8) is 0 Å². The Kier molecular flexibility index (Phi) is 5.67. The first kappa shape index (κ1) is 22.8. The average molecular weight is 467 g/mol. The molecule has 2 heterocycles. The van der Waals surface area contributed by atoms with Crippen LogP contribution in [0.4, 0.5) is 5.69 Å². The molecular formula is C25H26N2O5S. The summed E-state index contributed by atoms with van der Waals surface area (Å²) in [5.74, 6) is 0.436. The highest BCUT2D eigenvalue weighted by molar-refractivity contribution is 7.92. The highest BCUT2D eigenvalue weighted by atomic mass is 32.2. The average Bonchev–Trinajstić information content (AvgIpc) is 2.72. The van der Waals surface area contributed by atoms with Gasteiger partial charge in [-0.3, -0.25) is 9.52 Å². The summed E-state index contributed by atoms with van der Waals surface area (Å²) >= 11 is 0. The molecule has 0 radical (unpaired) electrons. The van der Waals surface area contributed by atoms with E-state index in [4.69, 9.17) is 4.74 Å². The molecule has 1 aliphatic rings. The van der Waals surface area contributed by atoms with Crippen molar-refractivity contribution in [1.29, 1.82) is 0 Å². The van der Waals surface area contributed by atoms with E-state index in [1.165, 1.54) is 0 Å². The van der Waals surface area contributed by atoms with Crippen LogP contribution < -0.4 is 15.0 Å². The van der Waals surface area contributed by atoms with Crippen LogP contribution in [0, 0.1) is 0 Å². The number of H-pyrrole nitrogens is 1. The van der Waals surface area contributed by atoms with E-state index in [9.17, 15) is 18.3 Å². The van der Waals surface area contributed by atoms with Crippen LogP contribution in [-0.4, -0.2) is 31.1 Å². The standard InChI is InChI=1S/C25H26N2O5S/c1-25(2,3)17-12-16-13-20(15-7-9-18(10-8-15)27-33(4,30)31)24(29)32-22(16)21(14-17)19-6-5-11-26-23(19)28/h5-14,24,27,29H,1-4H3,(H,26,28). The molecule has 8 heteroatoms. The number of rotatable bonds is 4. The Labute approximate surface area is 192 Å². The summed E-state index contributed by atoms with van der Waals surface area (Å²) in [4.78, 5) is 15.2. The maximum Gasteiger partial charge on any atom is 0.255 e. The molecule has 7 nitrogen and oxygen atoms in total. The van der Waals surface area contributed by atoms with Crippen molar-refractivity contribution in [3.8, 4) is 16.9 Å². The minimum atomic E-state index is -3.39. The molecule has 1 atom stereocenters. The van der Waals surface area contributed by atoms with Crippen molar-refractivity contribution >= 4 is 27.4 Å². The Morgan fingerprint density at radius 3 is 2.36 bits per heavy atom. The third-order valence-electron chi connectivity index (χ3n) is 5.42. The van der Waals surface area contributed by atoms with E-state index in [-0.39, 0.29) is 11.0 Å². The number of anilines is 1. The van der Waals surface area contributed by atoms with Crippen molar-refractivity contribution in [2.75, 3.05) is 11.0 Å². The Hall–Kier alpha value is -3.36. The number of hydrogen-bond donors (Lipinski definition) is 3. The maximum absolute atomic E-state index is 12.5. The van der Waals surface area contributed by atoms with Crippen LogP contribution in [-0.2, 0) is 15.4 Å². The van der Waals surface area contributed by atoms with Crippen LogP contribution in [0.3, 0.4) is 0 Å². The van der Waals surface area contributed by atoms with E-state index in [1.807, 2.05) is 18.2 Å². The second-order valence-electron chi connectivity index (χ2n) is 9.13. The Morgan fingerprint density at radius 1 is 1.06 bits per heavy atom. The van der Waals surface area contributed by atoms with Gasteiger partial charge in [-0.2, -0.15) is 0 Å². The van der Waals surface area contributed by atoms with E-state index >= 15 is 0 Å². The number of hydrogen-bond acceptors (Lipinski definition) is 5. The third kappa shape index (κ3) is 4.86. The highest BCUT2D eigenvalue weighted by Gasteiger charge is 2.28. The molecule has 1 aromatic heterocycles. The number of aliphatic hydroxyl groups is 1. The fraction of sp³-hybridized carbons (Fsp3) is 0.240. The van der Waals surface area contributed by atoms with Crippen molar-refractivity contribution in [2.45, 2.75) is 32.5 Å². The molecule has 33 heavy (non-hydrogen) atoms. The summed E-state index contributed by atoms with van der Waals surface area (Å²) in [6, 6.07) is 14.1. The van der Waals surface area contributed by atoms with E-state index in [2.05, 4.69) is 30.5 Å². The number of aliphatic hydroxyl groups excluding tert-OH is 1. The molecule has 2 aromatic carbocycles. The molecule has 0 aliphatic carbocycles. The van der Waals surface area contributed by atoms with E-state index < -0.39 is 16.3 Å². The van der Waals surface area contributed by atoms with Gasteiger partial charge in [0, 0.05) is 28.6 Å². The number of fused-ring (bicyclic) bond motifs is 1. The zero-order valence-corrected chi connectivity index (χ0v) is 19.7. The van der Waals surface area contributed by atoms with E-state index in [0.29, 0.717) is 33.7 Å². The van der Waals surface area contributed by atoms with Gasteiger partial charge in [0.25, 0.3) is 5.56 Å². The summed E-state index contributed by atoms with van der Waals surface area (Å²) in [6.45, 7) is 6.26. The minimum Gasteiger partial charge on any atom is -0.459 e. The SMILES string of the molecule is CC(C)(C)c1cc2c(c(-c3ccc[nH]c3=O)c1)OC(O)C(c1ccc(NS(C)(=O)=O)cc1)=C2. The quantitative estimate of drug-likeness (QED) is 0.539. The van der Waals surface area contributed by atoms with Crippen LogP contribution in [0.5, 0.6) is 5.75 Å². The van der Waals surface area contributed by atoms with Gasteiger partial charge in [0.1, 0.15) is 5.75 Å². The summed E-state index contributed by atoms with van der Waals surface area (Å²) in [5, 5.41) is 10.8. The number of benzene rings is 2. The molecule has 4 rings (SSSR count). The Balaban J connectivity index is 1.85. The van der Waals surface area contributed by atoms with Gasteiger partial charge < -0.3 is 14.8 Å². The number of nitrogens with one attached hydrogen (secondary N) is 2. The smallest absolute Gasteiger partial charge is 0.255 e. The molecule has 1 aliphatic heterocycles. The highest BCUT2D eigenvalue weighted by Crippen LogP contribution is 2.42. The van der Waals surface area contributed by atoms with Crippen LogP contribution in [0.15, 0.2) is 59.5 Å². The number of aromatic amines is 1. The first-order valence-electron chi connectivity index (χ1n) is 10.4. The molecule has 3 aromatic rings. The van der Waals surface area contributed by atoms with E-state index in [0.717, 1.165) is 17.4 Å². The number of aromatic nitrogens is 1.